The van der Waals surface area contributed by atoms with E-state index in [4.69, 9.17) is 4.74 Å². The van der Waals surface area contributed by atoms with E-state index >= 15 is 0 Å². The average molecular weight is 289 g/mol. The highest BCUT2D eigenvalue weighted by atomic mass is 16.5. The molecule has 1 aromatic rings. The average Bonchev–Trinajstić information content (AvgIpc) is 2.93. The van der Waals surface area contributed by atoms with Gasteiger partial charge in [-0.2, -0.15) is 0 Å². The van der Waals surface area contributed by atoms with Crippen molar-refractivity contribution >= 4 is 5.69 Å². The van der Waals surface area contributed by atoms with Gasteiger partial charge < -0.3 is 15.0 Å². The van der Waals surface area contributed by atoms with E-state index in [9.17, 15) is 0 Å². The molecule has 0 amide bonds. The van der Waals surface area contributed by atoms with E-state index in [0.717, 1.165) is 37.8 Å². The number of piperazine rings is 1. The number of anilines is 1. The Morgan fingerprint density at radius 2 is 2.05 bits per heavy atom. The maximum atomic E-state index is 5.32. The lowest BCUT2D eigenvalue weighted by Gasteiger charge is -2.37. The van der Waals surface area contributed by atoms with E-state index in [0.29, 0.717) is 6.04 Å². The molecule has 2 fully saturated rings. The van der Waals surface area contributed by atoms with Crippen molar-refractivity contribution < 1.29 is 4.74 Å². The van der Waals surface area contributed by atoms with Gasteiger partial charge in [-0.15, -0.1) is 0 Å². The number of rotatable bonds is 4. The molecule has 2 aliphatic heterocycles. The fraction of sp³-hybridized carbons (Fsp3) is 0.647. The molecule has 3 rings (SSSR count). The van der Waals surface area contributed by atoms with Crippen LogP contribution in [0.25, 0.3) is 0 Å². The zero-order valence-electron chi connectivity index (χ0n) is 13.2. The fourth-order valence-electron chi connectivity index (χ4n) is 3.42. The summed E-state index contributed by atoms with van der Waals surface area (Å²) >= 11 is 0. The van der Waals surface area contributed by atoms with Crippen LogP contribution in [0.5, 0.6) is 5.75 Å². The van der Waals surface area contributed by atoms with Crippen LogP contribution < -0.4 is 15.0 Å². The van der Waals surface area contributed by atoms with Crippen LogP contribution in [0.2, 0.25) is 0 Å². The predicted octanol–water partition coefficient (Wildman–Crippen LogP) is 1.82. The lowest BCUT2D eigenvalue weighted by molar-refractivity contribution is 0.222. The summed E-state index contributed by atoms with van der Waals surface area (Å²) in [6.45, 7) is 9.28. The molecular formula is C17H27N3O. The highest BCUT2D eigenvalue weighted by Crippen LogP contribution is 2.22. The first-order valence-corrected chi connectivity index (χ1v) is 8.11. The first-order valence-electron chi connectivity index (χ1n) is 8.11. The van der Waals surface area contributed by atoms with Crippen molar-refractivity contribution in [3.63, 3.8) is 0 Å². The molecule has 1 N–H and O–H groups in total. The molecule has 0 spiro atoms. The Bertz CT molecular complexity index is 457. The number of hydrogen-bond donors (Lipinski definition) is 1. The van der Waals surface area contributed by atoms with Gasteiger partial charge in [0.2, 0.25) is 0 Å². The predicted molar refractivity (Wildman–Crippen MR) is 87.2 cm³/mol. The minimum atomic E-state index is 0.688. The van der Waals surface area contributed by atoms with Crippen LogP contribution in [0.1, 0.15) is 13.3 Å². The molecule has 2 saturated heterocycles. The quantitative estimate of drug-likeness (QED) is 0.915. The fourth-order valence-corrected chi connectivity index (χ4v) is 3.42. The van der Waals surface area contributed by atoms with Crippen LogP contribution in [0.15, 0.2) is 24.3 Å². The highest BCUT2D eigenvalue weighted by Gasteiger charge is 2.26. The SMILES string of the molecule is COc1cccc(N2CCN(CC3NCCC3C)CC2)c1. The van der Waals surface area contributed by atoms with Crippen molar-refractivity contribution in [1.29, 1.82) is 0 Å². The zero-order valence-corrected chi connectivity index (χ0v) is 13.2. The molecule has 1 aromatic carbocycles. The van der Waals surface area contributed by atoms with Gasteiger partial charge in [-0.25, -0.2) is 0 Å². The second-order valence-corrected chi connectivity index (χ2v) is 6.32. The van der Waals surface area contributed by atoms with E-state index in [2.05, 4.69) is 40.2 Å². The van der Waals surface area contributed by atoms with Gasteiger partial charge in [0.05, 0.1) is 7.11 Å². The lowest BCUT2D eigenvalue weighted by atomic mass is 10.0. The second kappa shape index (κ2) is 6.67. The second-order valence-electron chi connectivity index (χ2n) is 6.32. The number of nitrogens with one attached hydrogen (secondary N) is 1. The number of methoxy groups -OCH3 is 1. The first-order chi connectivity index (χ1) is 10.3. The van der Waals surface area contributed by atoms with Gasteiger partial charge in [0, 0.05) is 50.5 Å². The summed E-state index contributed by atoms with van der Waals surface area (Å²) in [4.78, 5) is 5.07. The molecule has 2 unspecified atom stereocenters. The minimum absolute atomic E-state index is 0.688. The number of hydrogen-bond acceptors (Lipinski definition) is 4. The molecule has 4 nitrogen and oxygen atoms in total. The Kier molecular flexibility index (Phi) is 4.66. The summed E-state index contributed by atoms with van der Waals surface area (Å²) in [6.07, 6.45) is 1.33. The minimum Gasteiger partial charge on any atom is -0.497 e. The van der Waals surface area contributed by atoms with Crippen LogP contribution in [0.3, 0.4) is 0 Å². The van der Waals surface area contributed by atoms with Crippen LogP contribution >= 0.6 is 0 Å². The molecule has 0 aromatic heterocycles. The summed E-state index contributed by atoms with van der Waals surface area (Å²) in [5.74, 6) is 1.76. The molecule has 21 heavy (non-hydrogen) atoms. The third-order valence-electron chi connectivity index (χ3n) is 4.94. The zero-order chi connectivity index (χ0) is 14.7. The van der Waals surface area contributed by atoms with Crippen molar-refractivity contribution in [2.24, 2.45) is 5.92 Å². The van der Waals surface area contributed by atoms with E-state index in [1.54, 1.807) is 7.11 Å². The van der Waals surface area contributed by atoms with Gasteiger partial charge >= 0.3 is 0 Å². The van der Waals surface area contributed by atoms with Crippen LogP contribution in [0.4, 0.5) is 5.69 Å². The molecular weight excluding hydrogens is 262 g/mol. The van der Waals surface area contributed by atoms with Crippen molar-refractivity contribution in [3.8, 4) is 5.75 Å². The van der Waals surface area contributed by atoms with Gasteiger partial charge in [0.1, 0.15) is 5.75 Å². The third-order valence-corrected chi connectivity index (χ3v) is 4.94. The van der Waals surface area contributed by atoms with Crippen LogP contribution in [0, 0.1) is 5.92 Å². The molecule has 0 saturated carbocycles. The van der Waals surface area contributed by atoms with Gasteiger partial charge in [-0.3, -0.25) is 4.90 Å². The topological polar surface area (TPSA) is 27.7 Å². The maximum absolute atomic E-state index is 5.32. The molecule has 4 heteroatoms. The molecule has 0 radical (unpaired) electrons. The molecule has 0 aliphatic carbocycles. The van der Waals surface area contributed by atoms with E-state index in [1.165, 1.54) is 25.2 Å². The summed E-state index contributed by atoms with van der Waals surface area (Å²) in [5.41, 5.74) is 1.28. The highest BCUT2D eigenvalue weighted by molar-refractivity contribution is 5.51. The van der Waals surface area contributed by atoms with E-state index < -0.39 is 0 Å². The van der Waals surface area contributed by atoms with Gasteiger partial charge in [-0.05, 0) is 31.0 Å². The first kappa shape index (κ1) is 14.7. The van der Waals surface area contributed by atoms with Crippen molar-refractivity contribution in [1.82, 2.24) is 10.2 Å². The number of nitrogens with zero attached hydrogens (tertiary/aromatic N) is 2. The Morgan fingerprint density at radius 1 is 1.24 bits per heavy atom. The van der Waals surface area contributed by atoms with Gasteiger partial charge in [0.15, 0.2) is 0 Å². The summed E-state index contributed by atoms with van der Waals surface area (Å²) < 4.78 is 5.32. The van der Waals surface area contributed by atoms with Crippen LogP contribution in [-0.4, -0.2) is 57.3 Å². The monoisotopic (exact) mass is 289 g/mol. The Labute approximate surface area is 128 Å². The largest absolute Gasteiger partial charge is 0.497 e. The number of benzene rings is 1. The molecule has 0 bridgehead atoms. The van der Waals surface area contributed by atoms with Crippen molar-refractivity contribution in [2.75, 3.05) is 51.3 Å². The van der Waals surface area contributed by atoms with E-state index in [-0.39, 0.29) is 0 Å². The summed E-state index contributed by atoms with van der Waals surface area (Å²) in [7, 11) is 1.73. The Balaban J connectivity index is 1.52. The smallest absolute Gasteiger partial charge is 0.120 e. The molecule has 2 heterocycles. The van der Waals surface area contributed by atoms with E-state index in [1.807, 2.05) is 6.07 Å². The normalized spacial score (nSPS) is 27.0. The van der Waals surface area contributed by atoms with Crippen LogP contribution in [-0.2, 0) is 0 Å². The van der Waals surface area contributed by atoms with Crippen molar-refractivity contribution in [2.45, 2.75) is 19.4 Å². The van der Waals surface area contributed by atoms with Gasteiger partial charge in [0.25, 0.3) is 0 Å². The Hall–Kier alpha value is -1.26. The molecule has 2 aliphatic rings. The lowest BCUT2D eigenvalue weighted by Crippen LogP contribution is -2.50. The molecule has 2 atom stereocenters. The van der Waals surface area contributed by atoms with Gasteiger partial charge in [-0.1, -0.05) is 13.0 Å². The molecule has 116 valence electrons. The summed E-state index contributed by atoms with van der Waals surface area (Å²) in [5, 5.41) is 3.64. The standard InChI is InChI=1S/C17H27N3O/c1-14-6-7-18-17(14)13-19-8-10-20(11-9-19)15-4-3-5-16(12-15)21-2/h3-5,12,14,17-18H,6-11,13H2,1-2H3. The summed E-state index contributed by atoms with van der Waals surface area (Å²) in [6, 6.07) is 9.08. The number of ether oxygens (including phenoxy) is 1. The maximum Gasteiger partial charge on any atom is 0.120 e. The Morgan fingerprint density at radius 3 is 2.71 bits per heavy atom. The third kappa shape index (κ3) is 3.50. The van der Waals surface area contributed by atoms with Crippen molar-refractivity contribution in [3.05, 3.63) is 24.3 Å².